The maximum absolute atomic E-state index is 12.6. The first kappa shape index (κ1) is 14.0. The Balaban J connectivity index is 1.54. The minimum atomic E-state index is 0.0459. The fraction of sp³-hybridized carbons (Fsp3) is 0.714. The zero-order chi connectivity index (χ0) is 14.8. The molecular weight excluding hydrogens is 272 g/mol. The number of hydrogen-bond donors (Lipinski definition) is 0. The van der Waals surface area contributed by atoms with E-state index in [1.165, 1.54) is 6.39 Å². The third kappa shape index (κ3) is 2.91. The maximum Gasteiger partial charge on any atom is 0.225 e. The van der Waals surface area contributed by atoms with Gasteiger partial charge in [-0.05, 0) is 19.3 Å². The number of nitrogens with zero attached hydrogens (tertiary/aromatic N) is 4. The number of amides is 2. The quantitative estimate of drug-likeness (QED) is 0.799. The summed E-state index contributed by atoms with van der Waals surface area (Å²) in [5.41, 5.74) is 0. The number of aromatic nitrogens is 2. The second-order valence-corrected chi connectivity index (χ2v) is 5.84. The van der Waals surface area contributed by atoms with E-state index in [4.69, 9.17) is 4.52 Å². The van der Waals surface area contributed by atoms with Crippen LogP contribution < -0.4 is 0 Å². The molecule has 0 saturated carbocycles. The van der Waals surface area contributed by atoms with Crippen LogP contribution in [-0.4, -0.2) is 57.9 Å². The smallest absolute Gasteiger partial charge is 0.225 e. The summed E-state index contributed by atoms with van der Waals surface area (Å²) < 4.78 is 4.77. The van der Waals surface area contributed by atoms with Crippen molar-refractivity contribution in [3.05, 3.63) is 12.2 Å². The Kier molecular flexibility index (Phi) is 3.90. The molecule has 114 valence electrons. The molecule has 7 nitrogen and oxygen atoms in total. The van der Waals surface area contributed by atoms with Gasteiger partial charge in [0.2, 0.25) is 18.2 Å². The summed E-state index contributed by atoms with van der Waals surface area (Å²) in [6.45, 7) is 4.39. The summed E-state index contributed by atoms with van der Waals surface area (Å²) in [4.78, 5) is 31.7. The van der Waals surface area contributed by atoms with Crippen molar-refractivity contribution in [3.8, 4) is 0 Å². The van der Waals surface area contributed by atoms with Crippen LogP contribution in [0.1, 0.15) is 37.9 Å². The summed E-state index contributed by atoms with van der Waals surface area (Å²) in [5, 5.41) is 3.87. The Morgan fingerprint density at radius 2 is 1.90 bits per heavy atom. The van der Waals surface area contributed by atoms with Crippen LogP contribution in [0.2, 0.25) is 0 Å². The number of piperidine rings is 1. The number of hydrogen-bond acceptors (Lipinski definition) is 5. The molecule has 0 aliphatic carbocycles. The first-order valence-electron chi connectivity index (χ1n) is 7.45. The van der Waals surface area contributed by atoms with Crippen molar-refractivity contribution in [1.82, 2.24) is 19.9 Å². The first-order chi connectivity index (χ1) is 10.1. The Morgan fingerprint density at radius 1 is 1.19 bits per heavy atom. The van der Waals surface area contributed by atoms with Crippen LogP contribution in [0, 0.1) is 5.92 Å². The van der Waals surface area contributed by atoms with Gasteiger partial charge >= 0.3 is 0 Å². The highest BCUT2D eigenvalue weighted by Gasteiger charge is 2.34. The molecule has 0 spiro atoms. The van der Waals surface area contributed by atoms with E-state index in [9.17, 15) is 9.59 Å². The van der Waals surface area contributed by atoms with Crippen LogP contribution in [0.4, 0.5) is 0 Å². The van der Waals surface area contributed by atoms with E-state index in [1.807, 2.05) is 9.80 Å². The van der Waals surface area contributed by atoms with Gasteiger partial charge in [0.25, 0.3) is 0 Å². The van der Waals surface area contributed by atoms with Gasteiger partial charge in [-0.3, -0.25) is 9.59 Å². The molecule has 7 heteroatoms. The average molecular weight is 292 g/mol. The van der Waals surface area contributed by atoms with Gasteiger partial charge < -0.3 is 14.3 Å². The summed E-state index contributed by atoms with van der Waals surface area (Å²) >= 11 is 0. The lowest BCUT2D eigenvalue weighted by atomic mass is 9.95. The lowest BCUT2D eigenvalue weighted by Crippen LogP contribution is -2.43. The van der Waals surface area contributed by atoms with Crippen LogP contribution >= 0.6 is 0 Å². The summed E-state index contributed by atoms with van der Waals surface area (Å²) in [5.74, 6) is 1.23. The third-order valence-corrected chi connectivity index (χ3v) is 4.53. The largest absolute Gasteiger partial charge is 0.343 e. The number of rotatable bonds is 2. The van der Waals surface area contributed by atoms with Crippen LogP contribution in [0.5, 0.6) is 0 Å². The van der Waals surface area contributed by atoms with Crippen molar-refractivity contribution in [1.29, 1.82) is 0 Å². The van der Waals surface area contributed by atoms with E-state index in [-0.39, 0.29) is 23.7 Å². The molecule has 2 aliphatic heterocycles. The first-order valence-corrected chi connectivity index (χ1v) is 7.45. The van der Waals surface area contributed by atoms with E-state index in [2.05, 4.69) is 10.1 Å². The summed E-state index contributed by atoms with van der Waals surface area (Å²) in [6.07, 6.45) is 3.75. The topological polar surface area (TPSA) is 79.5 Å². The van der Waals surface area contributed by atoms with Crippen molar-refractivity contribution < 1.29 is 14.1 Å². The van der Waals surface area contributed by atoms with E-state index in [1.54, 1.807) is 6.92 Å². The molecule has 0 N–H and O–H groups in total. The van der Waals surface area contributed by atoms with Gasteiger partial charge in [0.15, 0.2) is 5.82 Å². The molecule has 1 unspecified atom stereocenters. The van der Waals surface area contributed by atoms with Crippen molar-refractivity contribution in [2.75, 3.05) is 26.2 Å². The highest BCUT2D eigenvalue weighted by Crippen LogP contribution is 2.28. The van der Waals surface area contributed by atoms with Gasteiger partial charge in [-0.15, -0.1) is 0 Å². The fourth-order valence-corrected chi connectivity index (χ4v) is 3.23. The molecule has 1 atom stereocenters. The van der Waals surface area contributed by atoms with Crippen molar-refractivity contribution in [2.24, 2.45) is 5.92 Å². The van der Waals surface area contributed by atoms with Gasteiger partial charge in [-0.1, -0.05) is 5.16 Å². The Morgan fingerprint density at radius 3 is 2.52 bits per heavy atom. The Labute approximate surface area is 123 Å². The molecule has 3 heterocycles. The third-order valence-electron chi connectivity index (χ3n) is 4.53. The standard InChI is InChI=1S/C14H20N4O3/c1-10(19)17-5-2-11(3-6-17)14(20)18-7-4-12(8-18)13-15-9-21-16-13/h9,11-12H,2-8H2,1H3. The summed E-state index contributed by atoms with van der Waals surface area (Å²) in [6, 6.07) is 0. The summed E-state index contributed by atoms with van der Waals surface area (Å²) in [7, 11) is 0. The molecular formula is C14H20N4O3. The molecule has 2 amide bonds. The maximum atomic E-state index is 12.6. The molecule has 2 saturated heterocycles. The zero-order valence-corrected chi connectivity index (χ0v) is 12.2. The molecule has 2 aliphatic rings. The van der Waals surface area contributed by atoms with E-state index < -0.39 is 0 Å². The monoisotopic (exact) mass is 292 g/mol. The number of carbonyl (C=O) groups excluding carboxylic acids is 2. The number of carbonyl (C=O) groups is 2. The van der Waals surface area contributed by atoms with Gasteiger partial charge in [0, 0.05) is 44.9 Å². The zero-order valence-electron chi connectivity index (χ0n) is 12.2. The van der Waals surface area contributed by atoms with Gasteiger partial charge in [0.1, 0.15) is 0 Å². The highest BCUT2D eigenvalue weighted by atomic mass is 16.5. The van der Waals surface area contributed by atoms with Gasteiger partial charge in [0.05, 0.1) is 0 Å². The second-order valence-electron chi connectivity index (χ2n) is 5.84. The highest BCUT2D eigenvalue weighted by molar-refractivity contribution is 5.80. The van der Waals surface area contributed by atoms with Gasteiger partial charge in [-0.2, -0.15) is 4.98 Å². The lowest BCUT2D eigenvalue weighted by molar-refractivity contribution is -0.139. The van der Waals surface area contributed by atoms with Crippen LogP contribution in [0.3, 0.4) is 0 Å². The van der Waals surface area contributed by atoms with Crippen molar-refractivity contribution in [2.45, 2.75) is 32.1 Å². The molecule has 0 radical (unpaired) electrons. The minimum absolute atomic E-state index is 0.0459. The molecule has 3 rings (SSSR count). The Hall–Kier alpha value is -1.92. The van der Waals surface area contributed by atoms with E-state index in [0.717, 1.165) is 25.8 Å². The van der Waals surface area contributed by atoms with Crippen LogP contribution in [-0.2, 0) is 9.59 Å². The fourth-order valence-electron chi connectivity index (χ4n) is 3.23. The SMILES string of the molecule is CC(=O)N1CCC(C(=O)N2CCC(c3ncon3)C2)CC1. The van der Waals surface area contributed by atoms with Gasteiger partial charge in [-0.25, -0.2) is 0 Å². The molecule has 0 bridgehead atoms. The molecule has 1 aromatic rings. The average Bonchev–Trinajstić information content (AvgIpc) is 3.17. The predicted molar refractivity (Wildman–Crippen MR) is 73.2 cm³/mol. The molecule has 21 heavy (non-hydrogen) atoms. The normalized spacial score (nSPS) is 23.6. The minimum Gasteiger partial charge on any atom is -0.343 e. The number of likely N-dealkylation sites (tertiary alicyclic amines) is 2. The molecule has 1 aromatic heterocycles. The van der Waals surface area contributed by atoms with E-state index >= 15 is 0 Å². The van der Waals surface area contributed by atoms with E-state index in [0.29, 0.717) is 25.5 Å². The second kappa shape index (κ2) is 5.83. The lowest BCUT2D eigenvalue weighted by Gasteiger charge is -2.32. The molecule has 0 aromatic carbocycles. The van der Waals surface area contributed by atoms with Crippen molar-refractivity contribution in [3.63, 3.8) is 0 Å². The van der Waals surface area contributed by atoms with Crippen LogP contribution in [0.15, 0.2) is 10.9 Å². The predicted octanol–water partition coefficient (Wildman–Crippen LogP) is 0.644. The molecule has 2 fully saturated rings. The van der Waals surface area contributed by atoms with Crippen molar-refractivity contribution >= 4 is 11.8 Å². The Bertz CT molecular complexity index is 508. The van der Waals surface area contributed by atoms with Crippen LogP contribution in [0.25, 0.3) is 0 Å².